The maximum absolute atomic E-state index is 14.0. The lowest BCUT2D eigenvalue weighted by atomic mass is 9.85. The minimum atomic E-state index is -3.84. The summed E-state index contributed by atoms with van der Waals surface area (Å²) in [5, 5.41) is 15.4. The molecule has 3 aromatic rings. The summed E-state index contributed by atoms with van der Waals surface area (Å²) >= 11 is 1.11. The number of aromatic nitrogens is 1. The zero-order valence-electron chi connectivity index (χ0n) is 20.8. The van der Waals surface area contributed by atoms with Gasteiger partial charge in [0.1, 0.15) is 28.6 Å². The molecule has 1 fully saturated rings. The fourth-order valence-electron chi connectivity index (χ4n) is 4.56. The maximum atomic E-state index is 14.0. The first kappa shape index (κ1) is 27.6. The highest BCUT2D eigenvalue weighted by Crippen LogP contribution is 2.30. The van der Waals surface area contributed by atoms with Crippen molar-refractivity contribution in [3.05, 3.63) is 87.9 Å². The third-order valence-corrected chi connectivity index (χ3v) is 7.89. The van der Waals surface area contributed by atoms with E-state index in [9.17, 15) is 18.0 Å². The Kier molecular flexibility index (Phi) is 8.67. The first-order valence-corrected chi connectivity index (χ1v) is 14.9. The summed E-state index contributed by atoms with van der Waals surface area (Å²) in [4.78, 5) is 31.8. The molecule has 6 N–H and O–H groups in total. The van der Waals surface area contributed by atoms with E-state index in [0.717, 1.165) is 35.1 Å². The summed E-state index contributed by atoms with van der Waals surface area (Å²) < 4.78 is 27.5. The standard InChI is InChI=1S/C26H30N6O4S2/c1-38(35,36)32-21(20(16-9-4-2-5-10-16)17-11-6-3-7-12-17)25(34)31-22(23(33)18-13-8-14-29-18)26-30-19(15-37-26)24(27)28/h2-7,9-12,15,18,20-22,29,32H,8,13-14H2,1H3,(H3,27,28)(H,31,34)/t18-,21+,22?/m0/s1. The lowest BCUT2D eigenvalue weighted by molar-refractivity contribution is -0.130. The molecular weight excluding hydrogens is 524 g/mol. The topological polar surface area (TPSA) is 167 Å². The molecule has 0 aliphatic carbocycles. The molecule has 1 aromatic heterocycles. The number of ketones is 1. The third-order valence-electron chi connectivity index (χ3n) is 6.29. The molecule has 1 aliphatic rings. The number of hydrogen-bond donors (Lipinski definition) is 5. The van der Waals surface area contributed by atoms with Crippen LogP contribution in [0.3, 0.4) is 0 Å². The highest BCUT2D eigenvalue weighted by Gasteiger charge is 2.38. The zero-order valence-corrected chi connectivity index (χ0v) is 22.4. The fraction of sp³-hybridized carbons (Fsp3) is 0.308. The van der Waals surface area contributed by atoms with Crippen LogP contribution in [0.2, 0.25) is 0 Å². The Bertz CT molecular complexity index is 1350. The lowest BCUT2D eigenvalue weighted by Gasteiger charge is -2.29. The summed E-state index contributed by atoms with van der Waals surface area (Å²) in [7, 11) is -3.84. The maximum Gasteiger partial charge on any atom is 0.240 e. The number of nitrogens with one attached hydrogen (secondary N) is 4. The Morgan fingerprint density at radius 3 is 2.18 bits per heavy atom. The molecule has 0 bridgehead atoms. The Morgan fingerprint density at radius 1 is 1.11 bits per heavy atom. The first-order valence-electron chi connectivity index (χ1n) is 12.1. The minimum Gasteiger partial charge on any atom is -0.382 e. The number of thiazole rings is 1. The van der Waals surface area contributed by atoms with Gasteiger partial charge in [-0.25, -0.2) is 18.1 Å². The van der Waals surface area contributed by atoms with Crippen molar-refractivity contribution >= 4 is 38.9 Å². The summed E-state index contributed by atoms with van der Waals surface area (Å²) in [5.41, 5.74) is 7.23. The second-order valence-electron chi connectivity index (χ2n) is 9.14. The second-order valence-corrected chi connectivity index (χ2v) is 11.8. The number of hydrogen-bond acceptors (Lipinski definition) is 8. The second kappa shape index (κ2) is 11.9. The van der Waals surface area contributed by atoms with Crippen molar-refractivity contribution in [2.75, 3.05) is 12.8 Å². The van der Waals surface area contributed by atoms with Crippen molar-refractivity contribution in [3.63, 3.8) is 0 Å². The molecule has 1 amide bonds. The van der Waals surface area contributed by atoms with Gasteiger partial charge in [-0.2, -0.15) is 0 Å². The molecule has 2 heterocycles. The first-order chi connectivity index (χ1) is 18.1. The molecule has 200 valence electrons. The van der Waals surface area contributed by atoms with Crippen molar-refractivity contribution in [2.24, 2.45) is 5.73 Å². The highest BCUT2D eigenvalue weighted by atomic mass is 32.2. The van der Waals surface area contributed by atoms with Gasteiger partial charge in [-0.3, -0.25) is 15.0 Å². The van der Waals surface area contributed by atoms with Gasteiger partial charge in [-0.1, -0.05) is 60.7 Å². The Hall–Kier alpha value is -3.45. The summed E-state index contributed by atoms with van der Waals surface area (Å²) in [6.07, 6.45) is 2.42. The molecule has 0 spiro atoms. The van der Waals surface area contributed by atoms with Crippen LogP contribution in [0, 0.1) is 5.41 Å². The van der Waals surface area contributed by atoms with Crippen molar-refractivity contribution in [2.45, 2.75) is 36.9 Å². The quantitative estimate of drug-likeness (QED) is 0.177. The van der Waals surface area contributed by atoms with E-state index in [4.69, 9.17) is 11.1 Å². The van der Waals surface area contributed by atoms with E-state index in [1.54, 1.807) is 5.38 Å². The highest BCUT2D eigenvalue weighted by molar-refractivity contribution is 7.88. The van der Waals surface area contributed by atoms with E-state index in [0.29, 0.717) is 13.0 Å². The SMILES string of the molecule is CS(=O)(=O)N[C@@H](C(=O)NC(C(=O)[C@@H]1CCCN1)c1nc(C(=N)N)cs1)C(c1ccccc1)c1ccccc1. The number of nitrogens with zero attached hydrogens (tertiary/aromatic N) is 1. The number of sulfonamides is 1. The van der Waals surface area contributed by atoms with Crippen LogP contribution in [0.1, 0.15) is 46.6 Å². The molecule has 0 saturated carbocycles. The summed E-state index contributed by atoms with van der Waals surface area (Å²) in [5.74, 6) is -1.90. The smallest absolute Gasteiger partial charge is 0.240 e. The number of carbonyl (C=O) groups excluding carboxylic acids is 2. The van der Waals surface area contributed by atoms with Crippen LogP contribution < -0.4 is 21.1 Å². The number of benzene rings is 2. The molecule has 1 unspecified atom stereocenters. The fourth-order valence-corrected chi connectivity index (χ4v) is 6.14. The minimum absolute atomic E-state index is 0.202. The van der Waals surface area contributed by atoms with Crippen LogP contribution in [0.15, 0.2) is 66.0 Å². The van der Waals surface area contributed by atoms with E-state index in [1.807, 2.05) is 60.7 Å². The van der Waals surface area contributed by atoms with Crippen LogP contribution in [0.25, 0.3) is 0 Å². The van der Waals surface area contributed by atoms with Crippen molar-refractivity contribution in [1.82, 2.24) is 20.3 Å². The van der Waals surface area contributed by atoms with Crippen LogP contribution in [-0.2, 0) is 19.6 Å². The Morgan fingerprint density at radius 2 is 1.71 bits per heavy atom. The largest absolute Gasteiger partial charge is 0.382 e. The lowest BCUT2D eigenvalue weighted by Crippen LogP contribution is -2.53. The molecule has 10 nitrogen and oxygen atoms in total. The Balaban J connectivity index is 1.75. The predicted molar refractivity (Wildman–Crippen MR) is 147 cm³/mol. The van der Waals surface area contributed by atoms with Gasteiger partial charge < -0.3 is 16.4 Å². The van der Waals surface area contributed by atoms with Crippen LogP contribution in [0.5, 0.6) is 0 Å². The third kappa shape index (κ3) is 6.70. The van der Waals surface area contributed by atoms with Crippen molar-refractivity contribution < 1.29 is 18.0 Å². The van der Waals surface area contributed by atoms with Crippen LogP contribution in [-0.4, -0.2) is 55.8 Å². The number of rotatable bonds is 11. The molecule has 38 heavy (non-hydrogen) atoms. The van der Waals surface area contributed by atoms with Gasteiger partial charge in [0.15, 0.2) is 5.78 Å². The number of amidine groups is 1. The van der Waals surface area contributed by atoms with Gasteiger partial charge in [0.2, 0.25) is 15.9 Å². The van der Waals surface area contributed by atoms with Gasteiger partial charge in [0, 0.05) is 11.3 Å². The molecule has 1 saturated heterocycles. The van der Waals surface area contributed by atoms with Gasteiger partial charge in [-0.15, -0.1) is 11.3 Å². The number of carbonyl (C=O) groups is 2. The normalized spacial score (nSPS) is 17.2. The molecule has 4 rings (SSSR count). The van der Waals surface area contributed by atoms with Gasteiger partial charge >= 0.3 is 0 Å². The molecule has 3 atom stereocenters. The summed E-state index contributed by atoms with van der Waals surface area (Å²) in [6, 6.07) is 15.3. The van der Waals surface area contributed by atoms with Crippen LogP contribution >= 0.6 is 11.3 Å². The van der Waals surface area contributed by atoms with E-state index in [2.05, 4.69) is 20.3 Å². The predicted octanol–water partition coefficient (Wildman–Crippen LogP) is 1.66. The number of nitrogen functional groups attached to an aromatic ring is 1. The van der Waals surface area contributed by atoms with Gasteiger partial charge in [-0.05, 0) is 30.5 Å². The Labute approximate surface area is 225 Å². The molecule has 1 aliphatic heterocycles. The van der Waals surface area contributed by atoms with E-state index in [1.165, 1.54) is 0 Å². The number of amides is 1. The molecule has 2 aromatic carbocycles. The molecule has 12 heteroatoms. The van der Waals surface area contributed by atoms with E-state index in [-0.39, 0.29) is 22.3 Å². The molecular formula is C26H30N6O4S2. The monoisotopic (exact) mass is 554 g/mol. The van der Waals surface area contributed by atoms with Gasteiger partial charge in [0.25, 0.3) is 0 Å². The van der Waals surface area contributed by atoms with Crippen LogP contribution in [0.4, 0.5) is 0 Å². The molecule has 0 radical (unpaired) electrons. The zero-order chi connectivity index (χ0) is 27.3. The van der Waals surface area contributed by atoms with E-state index < -0.39 is 40.0 Å². The van der Waals surface area contributed by atoms with E-state index >= 15 is 0 Å². The van der Waals surface area contributed by atoms with Crippen molar-refractivity contribution in [3.8, 4) is 0 Å². The van der Waals surface area contributed by atoms with Crippen molar-refractivity contribution in [1.29, 1.82) is 5.41 Å². The average molecular weight is 555 g/mol. The number of nitrogens with two attached hydrogens (primary N) is 1. The van der Waals surface area contributed by atoms with Gasteiger partial charge in [0.05, 0.1) is 12.3 Å². The average Bonchev–Trinajstić information content (AvgIpc) is 3.60. The summed E-state index contributed by atoms with van der Waals surface area (Å²) in [6.45, 7) is 0.677. The number of Topliss-reactive ketones (excluding diaryl/α,β-unsaturated/α-hetero) is 1.